The molecular formula is C16H23NO2. The van der Waals surface area contributed by atoms with Crippen molar-refractivity contribution in [3.63, 3.8) is 0 Å². The maximum atomic E-state index is 11.9. The number of benzene rings is 1. The zero-order valence-electron chi connectivity index (χ0n) is 11.8. The van der Waals surface area contributed by atoms with E-state index in [1.165, 1.54) is 19.3 Å². The molecule has 104 valence electrons. The number of amides is 1. The van der Waals surface area contributed by atoms with Crippen molar-refractivity contribution in [2.75, 3.05) is 6.61 Å². The Balaban J connectivity index is 1.78. The molecule has 1 aliphatic rings. The second kappa shape index (κ2) is 6.60. The molecule has 1 fully saturated rings. The van der Waals surface area contributed by atoms with E-state index in [1.54, 1.807) is 0 Å². The van der Waals surface area contributed by atoms with Crippen LogP contribution in [-0.2, 0) is 4.79 Å². The number of ether oxygens (including phenoxy) is 1. The first kappa shape index (κ1) is 13.9. The fourth-order valence-electron chi connectivity index (χ4n) is 2.63. The van der Waals surface area contributed by atoms with Gasteiger partial charge in [-0.1, -0.05) is 31.9 Å². The van der Waals surface area contributed by atoms with Crippen LogP contribution in [-0.4, -0.2) is 18.6 Å². The van der Waals surface area contributed by atoms with Gasteiger partial charge in [0.2, 0.25) is 0 Å². The molecule has 1 saturated carbocycles. The summed E-state index contributed by atoms with van der Waals surface area (Å²) < 4.78 is 5.51. The Morgan fingerprint density at radius 2 is 2.16 bits per heavy atom. The molecule has 1 aliphatic carbocycles. The molecule has 1 amide bonds. The van der Waals surface area contributed by atoms with Gasteiger partial charge in [-0.2, -0.15) is 0 Å². The Morgan fingerprint density at radius 1 is 1.37 bits per heavy atom. The summed E-state index contributed by atoms with van der Waals surface area (Å²) in [5.41, 5.74) is 1.14. The SMILES string of the molecule is Cc1cccc(OCC(=O)N[C@H]2CCCC[C@H]2C)c1. The second-order valence-corrected chi connectivity index (χ2v) is 5.54. The molecule has 1 aromatic rings. The highest BCUT2D eigenvalue weighted by Crippen LogP contribution is 2.23. The summed E-state index contributed by atoms with van der Waals surface area (Å²) in [5, 5.41) is 3.09. The minimum Gasteiger partial charge on any atom is -0.484 e. The van der Waals surface area contributed by atoms with E-state index in [9.17, 15) is 4.79 Å². The van der Waals surface area contributed by atoms with Crippen molar-refractivity contribution in [3.8, 4) is 5.75 Å². The van der Waals surface area contributed by atoms with Gasteiger partial charge in [-0.15, -0.1) is 0 Å². The van der Waals surface area contributed by atoms with Gasteiger partial charge in [-0.05, 0) is 43.4 Å². The van der Waals surface area contributed by atoms with Crippen LogP contribution in [0.15, 0.2) is 24.3 Å². The average Bonchev–Trinajstić information content (AvgIpc) is 2.39. The molecule has 2 atom stereocenters. The van der Waals surface area contributed by atoms with Gasteiger partial charge in [0.25, 0.3) is 5.91 Å². The summed E-state index contributed by atoms with van der Waals surface area (Å²) in [7, 11) is 0. The summed E-state index contributed by atoms with van der Waals surface area (Å²) in [5.74, 6) is 1.32. The Bertz CT molecular complexity index is 431. The molecule has 19 heavy (non-hydrogen) atoms. The standard InChI is InChI=1S/C16H23NO2/c1-12-6-5-8-14(10-12)19-11-16(18)17-15-9-4-3-7-13(15)2/h5-6,8,10,13,15H,3-4,7,9,11H2,1-2H3,(H,17,18)/t13-,15+/m1/s1. The number of rotatable bonds is 4. The Hall–Kier alpha value is -1.51. The monoisotopic (exact) mass is 261 g/mol. The molecule has 0 aliphatic heterocycles. The third kappa shape index (κ3) is 4.27. The van der Waals surface area contributed by atoms with Gasteiger partial charge < -0.3 is 10.1 Å². The van der Waals surface area contributed by atoms with Crippen molar-refractivity contribution in [2.45, 2.75) is 45.6 Å². The lowest BCUT2D eigenvalue weighted by Gasteiger charge is -2.29. The van der Waals surface area contributed by atoms with Gasteiger partial charge in [0, 0.05) is 6.04 Å². The topological polar surface area (TPSA) is 38.3 Å². The zero-order valence-corrected chi connectivity index (χ0v) is 11.8. The van der Waals surface area contributed by atoms with Crippen molar-refractivity contribution in [3.05, 3.63) is 29.8 Å². The number of aryl methyl sites for hydroxylation is 1. The van der Waals surface area contributed by atoms with Crippen LogP contribution in [0.2, 0.25) is 0 Å². The van der Waals surface area contributed by atoms with Crippen LogP contribution in [0.3, 0.4) is 0 Å². The molecule has 2 rings (SSSR count). The number of carbonyl (C=O) groups excluding carboxylic acids is 1. The summed E-state index contributed by atoms with van der Waals surface area (Å²) in [4.78, 5) is 11.9. The maximum absolute atomic E-state index is 11.9. The number of nitrogens with one attached hydrogen (secondary N) is 1. The van der Waals surface area contributed by atoms with Crippen LogP contribution >= 0.6 is 0 Å². The first-order valence-corrected chi connectivity index (χ1v) is 7.14. The van der Waals surface area contributed by atoms with E-state index in [4.69, 9.17) is 4.74 Å². The van der Waals surface area contributed by atoms with Crippen LogP contribution in [0.5, 0.6) is 5.75 Å². The molecule has 1 aromatic carbocycles. The van der Waals surface area contributed by atoms with E-state index >= 15 is 0 Å². The van der Waals surface area contributed by atoms with E-state index in [2.05, 4.69) is 12.2 Å². The Morgan fingerprint density at radius 3 is 2.89 bits per heavy atom. The van der Waals surface area contributed by atoms with E-state index in [-0.39, 0.29) is 12.5 Å². The van der Waals surface area contributed by atoms with Gasteiger partial charge >= 0.3 is 0 Å². The fourth-order valence-corrected chi connectivity index (χ4v) is 2.63. The Kier molecular flexibility index (Phi) is 4.83. The highest BCUT2D eigenvalue weighted by Gasteiger charge is 2.22. The summed E-state index contributed by atoms with van der Waals surface area (Å²) in [6.45, 7) is 4.33. The van der Waals surface area contributed by atoms with Gasteiger partial charge in [0.05, 0.1) is 0 Å². The van der Waals surface area contributed by atoms with Crippen molar-refractivity contribution < 1.29 is 9.53 Å². The summed E-state index contributed by atoms with van der Waals surface area (Å²) in [6, 6.07) is 8.09. The van der Waals surface area contributed by atoms with Crippen LogP contribution in [0.25, 0.3) is 0 Å². The quantitative estimate of drug-likeness (QED) is 0.904. The molecular weight excluding hydrogens is 238 g/mol. The summed E-state index contributed by atoms with van der Waals surface area (Å²) in [6.07, 6.45) is 4.81. The number of carbonyl (C=O) groups is 1. The molecule has 0 saturated heterocycles. The fraction of sp³-hybridized carbons (Fsp3) is 0.562. The Labute approximate surface area is 115 Å². The normalized spacial score (nSPS) is 22.8. The molecule has 3 heteroatoms. The van der Waals surface area contributed by atoms with Gasteiger partial charge in [0.1, 0.15) is 5.75 Å². The van der Waals surface area contributed by atoms with Crippen molar-refractivity contribution in [2.24, 2.45) is 5.92 Å². The molecule has 3 nitrogen and oxygen atoms in total. The van der Waals surface area contributed by atoms with Crippen LogP contribution in [0, 0.1) is 12.8 Å². The highest BCUT2D eigenvalue weighted by atomic mass is 16.5. The molecule has 0 heterocycles. The van der Waals surface area contributed by atoms with E-state index in [0.717, 1.165) is 17.7 Å². The molecule has 0 spiro atoms. The number of hydrogen-bond donors (Lipinski definition) is 1. The zero-order chi connectivity index (χ0) is 13.7. The molecule has 0 bridgehead atoms. The summed E-state index contributed by atoms with van der Waals surface area (Å²) >= 11 is 0. The molecule has 1 N–H and O–H groups in total. The second-order valence-electron chi connectivity index (χ2n) is 5.54. The highest BCUT2D eigenvalue weighted by molar-refractivity contribution is 5.77. The minimum atomic E-state index is -0.0137. The van der Waals surface area contributed by atoms with E-state index < -0.39 is 0 Å². The first-order chi connectivity index (χ1) is 9.15. The van der Waals surface area contributed by atoms with Crippen LogP contribution < -0.4 is 10.1 Å². The van der Waals surface area contributed by atoms with Crippen molar-refractivity contribution in [1.29, 1.82) is 0 Å². The van der Waals surface area contributed by atoms with E-state index in [1.807, 2.05) is 31.2 Å². The third-order valence-corrected chi connectivity index (χ3v) is 3.82. The maximum Gasteiger partial charge on any atom is 0.258 e. The van der Waals surface area contributed by atoms with Gasteiger partial charge in [-0.3, -0.25) is 4.79 Å². The lowest BCUT2D eigenvalue weighted by molar-refractivity contribution is -0.124. The lowest BCUT2D eigenvalue weighted by Crippen LogP contribution is -2.43. The molecule has 0 radical (unpaired) electrons. The predicted molar refractivity (Wildman–Crippen MR) is 76.2 cm³/mol. The third-order valence-electron chi connectivity index (χ3n) is 3.82. The van der Waals surface area contributed by atoms with E-state index in [0.29, 0.717) is 12.0 Å². The van der Waals surface area contributed by atoms with Crippen LogP contribution in [0.1, 0.15) is 38.2 Å². The largest absolute Gasteiger partial charge is 0.484 e. The van der Waals surface area contributed by atoms with Gasteiger partial charge in [0.15, 0.2) is 6.61 Å². The van der Waals surface area contributed by atoms with Crippen molar-refractivity contribution in [1.82, 2.24) is 5.32 Å². The van der Waals surface area contributed by atoms with Gasteiger partial charge in [-0.25, -0.2) is 0 Å². The first-order valence-electron chi connectivity index (χ1n) is 7.14. The van der Waals surface area contributed by atoms with Crippen molar-refractivity contribution >= 4 is 5.91 Å². The predicted octanol–water partition coefficient (Wildman–Crippen LogP) is 3.07. The number of hydrogen-bond acceptors (Lipinski definition) is 2. The van der Waals surface area contributed by atoms with Crippen LogP contribution in [0.4, 0.5) is 0 Å². The minimum absolute atomic E-state index is 0.0137. The molecule has 0 aromatic heterocycles. The molecule has 0 unspecified atom stereocenters. The lowest BCUT2D eigenvalue weighted by atomic mass is 9.86. The average molecular weight is 261 g/mol. The smallest absolute Gasteiger partial charge is 0.258 e.